The first kappa shape index (κ1) is 43.7. The zero-order valence-electron chi connectivity index (χ0n) is 41.8. The standard InChI is InChI=1S/C70H52N2O2/c1-43(2)53-25-13-27-55-57-29-15-31-63(69(57)73-67(53)55)71(51-23-11-21-49(41-51)45-17-7-5-8-18-45)61-39-35-47-34-38-60-62(40-36-48-33-37-59(61)65(47)66(48)60)72(52-24-12-22-50(42-52)46-19-9-6-10-20-46)64-32-16-30-58-56-28-14-26-54(44(3)4)68(56)74-70(58)64/h5-44H,1-4H3. The van der Waals surface area contributed by atoms with Crippen molar-refractivity contribution in [2.45, 2.75) is 39.5 Å². The van der Waals surface area contributed by atoms with Crippen molar-refractivity contribution in [1.82, 2.24) is 0 Å². The second kappa shape index (κ2) is 17.3. The molecule has 0 saturated carbocycles. The average molecular weight is 953 g/mol. The molecule has 2 heterocycles. The van der Waals surface area contributed by atoms with Gasteiger partial charge in [-0.3, -0.25) is 0 Å². The SMILES string of the molecule is CC(C)c1cccc2c1oc1c(N(c3cccc(-c4ccccc4)c3)c3ccc4ccc5c(N(c6cccc(-c7ccccc7)c6)c6cccc7c6oc6c(C(C)C)cccc67)ccc6ccc3c4c65)cccc12. The number of hydrogen-bond donors (Lipinski definition) is 0. The lowest BCUT2D eigenvalue weighted by Gasteiger charge is -2.29. The molecular weight excluding hydrogens is 901 g/mol. The smallest absolute Gasteiger partial charge is 0.159 e. The molecule has 4 nitrogen and oxygen atoms in total. The van der Waals surface area contributed by atoms with Crippen molar-refractivity contribution < 1.29 is 8.83 Å². The van der Waals surface area contributed by atoms with Gasteiger partial charge in [0, 0.05) is 43.7 Å². The lowest BCUT2D eigenvalue weighted by atomic mass is 9.91. The van der Waals surface area contributed by atoms with Crippen molar-refractivity contribution in [3.63, 3.8) is 0 Å². The summed E-state index contributed by atoms with van der Waals surface area (Å²) in [6.45, 7) is 8.96. The molecule has 0 amide bonds. The summed E-state index contributed by atoms with van der Waals surface area (Å²) < 4.78 is 14.2. The molecule has 0 aliphatic heterocycles. The first-order valence-corrected chi connectivity index (χ1v) is 25.9. The van der Waals surface area contributed by atoms with Crippen molar-refractivity contribution in [2.24, 2.45) is 0 Å². The normalized spacial score (nSPS) is 12.0. The van der Waals surface area contributed by atoms with E-state index in [2.05, 4.69) is 268 Å². The quantitative estimate of drug-likeness (QED) is 0.128. The summed E-state index contributed by atoms with van der Waals surface area (Å²) in [5.41, 5.74) is 16.9. The molecule has 0 unspecified atom stereocenters. The van der Waals surface area contributed by atoms with Crippen molar-refractivity contribution in [1.29, 1.82) is 0 Å². The van der Waals surface area contributed by atoms with E-state index in [1.54, 1.807) is 0 Å². The number of benzene rings is 12. The van der Waals surface area contributed by atoms with Crippen LogP contribution in [0.3, 0.4) is 0 Å². The van der Waals surface area contributed by atoms with Crippen LogP contribution in [0.2, 0.25) is 0 Å². The maximum absolute atomic E-state index is 7.12. The average Bonchev–Trinajstić information content (AvgIpc) is 4.04. The van der Waals surface area contributed by atoms with Crippen molar-refractivity contribution >= 4 is 110 Å². The van der Waals surface area contributed by atoms with Crippen LogP contribution in [0, 0.1) is 0 Å². The van der Waals surface area contributed by atoms with Gasteiger partial charge in [-0.05, 0) is 115 Å². The molecule has 0 N–H and O–H groups in total. The molecule has 12 aromatic carbocycles. The summed E-state index contributed by atoms with van der Waals surface area (Å²) in [7, 11) is 0. The fourth-order valence-corrected chi connectivity index (χ4v) is 11.8. The zero-order valence-corrected chi connectivity index (χ0v) is 41.8. The van der Waals surface area contributed by atoms with E-state index in [9.17, 15) is 0 Å². The maximum atomic E-state index is 7.12. The van der Waals surface area contributed by atoms with Gasteiger partial charge in [0.2, 0.25) is 0 Å². The summed E-state index contributed by atoms with van der Waals surface area (Å²) in [5, 5.41) is 11.5. The van der Waals surface area contributed by atoms with Crippen LogP contribution < -0.4 is 9.80 Å². The Kier molecular flexibility index (Phi) is 10.2. The first-order valence-electron chi connectivity index (χ1n) is 25.9. The molecule has 14 aromatic rings. The summed E-state index contributed by atoms with van der Waals surface area (Å²) in [6.07, 6.45) is 0. The van der Waals surface area contributed by atoms with Crippen LogP contribution >= 0.6 is 0 Å². The van der Waals surface area contributed by atoms with E-state index in [4.69, 9.17) is 8.83 Å². The number of rotatable bonds is 10. The number of hydrogen-bond acceptors (Lipinski definition) is 4. The highest BCUT2D eigenvalue weighted by Gasteiger charge is 2.27. The third kappa shape index (κ3) is 6.89. The Morgan fingerprint density at radius 2 is 0.649 bits per heavy atom. The molecule has 0 atom stereocenters. The third-order valence-electron chi connectivity index (χ3n) is 15.3. The second-order valence-corrected chi connectivity index (χ2v) is 20.4. The summed E-state index contributed by atoms with van der Waals surface area (Å²) in [4.78, 5) is 4.85. The molecule has 0 radical (unpaired) electrons. The minimum absolute atomic E-state index is 0.303. The largest absolute Gasteiger partial charge is 0.454 e. The molecule has 354 valence electrons. The van der Waals surface area contributed by atoms with Crippen LogP contribution in [0.25, 0.3) is 98.4 Å². The number of nitrogens with zero attached hydrogens (tertiary/aromatic N) is 2. The van der Waals surface area contributed by atoms with E-state index in [-0.39, 0.29) is 0 Å². The van der Waals surface area contributed by atoms with Gasteiger partial charge >= 0.3 is 0 Å². The van der Waals surface area contributed by atoms with Crippen LogP contribution in [0.5, 0.6) is 0 Å². The van der Waals surface area contributed by atoms with Gasteiger partial charge in [-0.15, -0.1) is 0 Å². The van der Waals surface area contributed by atoms with Gasteiger partial charge in [-0.2, -0.15) is 0 Å². The topological polar surface area (TPSA) is 32.8 Å². The molecule has 0 spiro atoms. The van der Waals surface area contributed by atoms with Gasteiger partial charge in [0.15, 0.2) is 11.2 Å². The fourth-order valence-electron chi connectivity index (χ4n) is 11.8. The van der Waals surface area contributed by atoms with Gasteiger partial charge in [-0.1, -0.05) is 210 Å². The van der Waals surface area contributed by atoms with Crippen molar-refractivity contribution in [2.75, 3.05) is 9.80 Å². The van der Waals surface area contributed by atoms with E-state index in [1.807, 2.05) is 0 Å². The van der Waals surface area contributed by atoms with Gasteiger partial charge in [0.25, 0.3) is 0 Å². The van der Waals surface area contributed by atoms with E-state index in [0.717, 1.165) is 99.9 Å². The Morgan fingerprint density at radius 1 is 0.284 bits per heavy atom. The molecule has 74 heavy (non-hydrogen) atoms. The van der Waals surface area contributed by atoms with Crippen molar-refractivity contribution in [3.05, 3.63) is 242 Å². The minimum atomic E-state index is 0.303. The van der Waals surface area contributed by atoms with Gasteiger partial charge < -0.3 is 18.6 Å². The molecule has 14 rings (SSSR count). The van der Waals surface area contributed by atoms with Gasteiger partial charge in [0.1, 0.15) is 11.2 Å². The van der Waals surface area contributed by atoms with Gasteiger partial charge in [0.05, 0.1) is 22.7 Å². The Balaban J connectivity index is 1.03. The van der Waals surface area contributed by atoms with E-state index >= 15 is 0 Å². The second-order valence-electron chi connectivity index (χ2n) is 20.4. The minimum Gasteiger partial charge on any atom is -0.454 e. The molecule has 2 aromatic heterocycles. The van der Waals surface area contributed by atoms with E-state index < -0.39 is 0 Å². The van der Waals surface area contributed by atoms with Crippen molar-refractivity contribution in [3.8, 4) is 22.3 Å². The first-order chi connectivity index (χ1) is 36.4. The van der Waals surface area contributed by atoms with Crippen LogP contribution in [0.1, 0.15) is 50.7 Å². The van der Waals surface area contributed by atoms with Crippen LogP contribution in [-0.4, -0.2) is 0 Å². The zero-order chi connectivity index (χ0) is 49.6. The van der Waals surface area contributed by atoms with Crippen LogP contribution in [0.4, 0.5) is 34.1 Å². The Labute approximate surface area is 430 Å². The maximum Gasteiger partial charge on any atom is 0.159 e. The highest BCUT2D eigenvalue weighted by Crippen LogP contribution is 2.51. The van der Waals surface area contributed by atoms with Crippen LogP contribution in [0.15, 0.2) is 239 Å². The molecule has 0 saturated heterocycles. The lowest BCUT2D eigenvalue weighted by Crippen LogP contribution is -2.12. The summed E-state index contributed by atoms with van der Waals surface area (Å²) >= 11 is 0. The lowest BCUT2D eigenvalue weighted by molar-refractivity contribution is 0.657. The van der Waals surface area contributed by atoms with E-state index in [0.29, 0.717) is 11.8 Å². The molecular formula is C70H52N2O2. The number of fused-ring (bicyclic) bond motifs is 6. The monoisotopic (exact) mass is 952 g/mol. The number of furan rings is 2. The summed E-state index contributed by atoms with van der Waals surface area (Å²) in [5.74, 6) is 0.605. The predicted octanol–water partition coefficient (Wildman–Crippen LogP) is 20.9. The van der Waals surface area contributed by atoms with E-state index in [1.165, 1.54) is 43.8 Å². The third-order valence-corrected chi connectivity index (χ3v) is 15.3. The molecule has 0 fully saturated rings. The van der Waals surface area contributed by atoms with Gasteiger partial charge in [-0.25, -0.2) is 0 Å². The number of anilines is 6. The molecule has 4 heteroatoms. The highest BCUT2D eigenvalue weighted by atomic mass is 16.3. The Morgan fingerprint density at radius 3 is 1.07 bits per heavy atom. The highest BCUT2D eigenvalue weighted by molar-refractivity contribution is 6.29. The fraction of sp³-hybridized carbons (Fsp3) is 0.0857. The molecule has 0 aliphatic rings. The predicted molar refractivity (Wildman–Crippen MR) is 313 cm³/mol. The van der Waals surface area contributed by atoms with Crippen LogP contribution in [-0.2, 0) is 0 Å². The molecule has 0 bridgehead atoms. The molecule has 0 aliphatic carbocycles. The summed E-state index contributed by atoms with van der Waals surface area (Å²) in [6, 6.07) is 84.0. The Bertz CT molecular complexity index is 4160. The number of para-hydroxylation sites is 4. The Hall–Kier alpha value is -9.12.